The molecule has 0 amide bonds. The SMILES string of the molecule is COc1c(F)cc(C2(N=C=O)CCCC2)c(OC)c1Br. The molecule has 6 heteroatoms. The molecule has 20 heavy (non-hydrogen) atoms. The maximum absolute atomic E-state index is 14.1. The summed E-state index contributed by atoms with van der Waals surface area (Å²) in [5.74, 6) is 0.0144. The number of halogens is 2. The van der Waals surface area contributed by atoms with Crippen LogP contribution < -0.4 is 9.47 Å². The monoisotopic (exact) mass is 343 g/mol. The summed E-state index contributed by atoms with van der Waals surface area (Å²) in [5.41, 5.74) is -0.186. The number of hydrogen-bond donors (Lipinski definition) is 0. The standard InChI is InChI=1S/C14H15BrFNO3/c1-19-12-9(7-10(16)13(20-2)11(12)15)14(17-8-18)5-3-4-6-14/h7H,3-6H2,1-2H3. The van der Waals surface area contributed by atoms with E-state index in [0.717, 1.165) is 12.8 Å². The van der Waals surface area contributed by atoms with Gasteiger partial charge in [-0.15, -0.1) is 0 Å². The van der Waals surface area contributed by atoms with E-state index in [9.17, 15) is 9.18 Å². The molecule has 1 fully saturated rings. The van der Waals surface area contributed by atoms with Gasteiger partial charge in [-0.1, -0.05) is 12.8 Å². The highest BCUT2D eigenvalue weighted by Gasteiger charge is 2.40. The molecule has 108 valence electrons. The number of carbonyl (C=O) groups excluding carboxylic acids is 1. The Morgan fingerprint density at radius 3 is 2.40 bits per heavy atom. The fourth-order valence-electron chi connectivity index (χ4n) is 2.80. The third-order valence-electron chi connectivity index (χ3n) is 3.73. The average molecular weight is 344 g/mol. The number of nitrogens with zero attached hydrogens (tertiary/aromatic N) is 1. The van der Waals surface area contributed by atoms with E-state index < -0.39 is 11.4 Å². The van der Waals surface area contributed by atoms with Gasteiger partial charge in [0.2, 0.25) is 6.08 Å². The van der Waals surface area contributed by atoms with Crippen LogP contribution in [0.1, 0.15) is 31.2 Å². The second-order valence-corrected chi connectivity index (χ2v) is 5.52. The lowest BCUT2D eigenvalue weighted by Gasteiger charge is -2.26. The largest absolute Gasteiger partial charge is 0.495 e. The average Bonchev–Trinajstić information content (AvgIpc) is 2.89. The Bertz CT molecular complexity index is 564. The Hall–Kier alpha value is -1.39. The topological polar surface area (TPSA) is 47.9 Å². The number of ether oxygens (including phenoxy) is 2. The van der Waals surface area contributed by atoms with Gasteiger partial charge in [-0.3, -0.25) is 0 Å². The molecule has 0 aromatic heterocycles. The van der Waals surface area contributed by atoms with Gasteiger partial charge in [0.25, 0.3) is 0 Å². The van der Waals surface area contributed by atoms with Crippen LogP contribution in [0.3, 0.4) is 0 Å². The summed E-state index contributed by atoms with van der Waals surface area (Å²) >= 11 is 3.30. The van der Waals surface area contributed by atoms with Crippen molar-refractivity contribution in [2.24, 2.45) is 4.99 Å². The fraction of sp³-hybridized carbons (Fsp3) is 0.500. The quantitative estimate of drug-likeness (QED) is 0.618. The lowest BCUT2D eigenvalue weighted by molar-refractivity contribution is 0.352. The van der Waals surface area contributed by atoms with E-state index in [2.05, 4.69) is 20.9 Å². The zero-order valence-electron chi connectivity index (χ0n) is 11.3. The number of benzene rings is 1. The number of rotatable bonds is 4. The molecular weight excluding hydrogens is 329 g/mol. The van der Waals surface area contributed by atoms with Crippen molar-refractivity contribution in [1.82, 2.24) is 0 Å². The van der Waals surface area contributed by atoms with Crippen LogP contribution >= 0.6 is 15.9 Å². The van der Waals surface area contributed by atoms with Crippen LogP contribution in [0.2, 0.25) is 0 Å². The van der Waals surface area contributed by atoms with Gasteiger partial charge in [0.05, 0.1) is 14.2 Å². The van der Waals surface area contributed by atoms with Gasteiger partial charge in [-0.2, -0.15) is 4.99 Å². The smallest absolute Gasteiger partial charge is 0.235 e. The second kappa shape index (κ2) is 5.94. The molecule has 0 heterocycles. The fourth-order valence-corrected chi connectivity index (χ4v) is 3.53. The Kier molecular flexibility index (Phi) is 4.45. The minimum absolute atomic E-state index is 0.0776. The van der Waals surface area contributed by atoms with E-state index in [1.165, 1.54) is 20.3 Å². The summed E-state index contributed by atoms with van der Waals surface area (Å²) < 4.78 is 24.9. The minimum Gasteiger partial charge on any atom is -0.495 e. The van der Waals surface area contributed by atoms with Crippen molar-refractivity contribution in [3.8, 4) is 11.5 Å². The first-order valence-corrected chi connectivity index (χ1v) is 7.08. The van der Waals surface area contributed by atoms with Gasteiger partial charge in [0.1, 0.15) is 15.8 Å². The van der Waals surface area contributed by atoms with Crippen LogP contribution in [0.25, 0.3) is 0 Å². The lowest BCUT2D eigenvalue weighted by Crippen LogP contribution is -2.20. The van der Waals surface area contributed by atoms with Crippen LogP contribution in [0, 0.1) is 5.82 Å². The molecule has 1 aliphatic carbocycles. The van der Waals surface area contributed by atoms with Gasteiger partial charge in [0, 0.05) is 5.56 Å². The second-order valence-electron chi connectivity index (χ2n) is 4.73. The predicted molar refractivity (Wildman–Crippen MR) is 75.5 cm³/mol. The predicted octanol–water partition coefficient (Wildman–Crippen LogP) is 3.71. The Morgan fingerprint density at radius 1 is 1.30 bits per heavy atom. The first kappa shape index (κ1) is 15.0. The zero-order chi connectivity index (χ0) is 14.8. The van der Waals surface area contributed by atoms with Crippen molar-refractivity contribution in [3.05, 3.63) is 21.9 Å². The molecule has 0 unspecified atom stereocenters. The van der Waals surface area contributed by atoms with Crippen molar-refractivity contribution in [1.29, 1.82) is 0 Å². The lowest BCUT2D eigenvalue weighted by atomic mass is 9.88. The molecule has 1 saturated carbocycles. The van der Waals surface area contributed by atoms with E-state index in [-0.39, 0.29) is 5.75 Å². The molecule has 0 saturated heterocycles. The summed E-state index contributed by atoms with van der Waals surface area (Å²) in [6.07, 6.45) is 4.83. The molecule has 0 radical (unpaired) electrons. The summed E-state index contributed by atoms with van der Waals surface area (Å²) in [7, 11) is 2.88. The van der Waals surface area contributed by atoms with Gasteiger partial charge < -0.3 is 9.47 Å². The number of methoxy groups -OCH3 is 2. The first-order valence-electron chi connectivity index (χ1n) is 6.29. The molecule has 1 aliphatic rings. The Morgan fingerprint density at radius 2 is 1.90 bits per heavy atom. The highest BCUT2D eigenvalue weighted by molar-refractivity contribution is 9.10. The van der Waals surface area contributed by atoms with E-state index in [0.29, 0.717) is 28.6 Å². The molecule has 0 spiro atoms. The van der Waals surface area contributed by atoms with Crippen molar-refractivity contribution in [2.45, 2.75) is 31.2 Å². The number of hydrogen-bond acceptors (Lipinski definition) is 4. The van der Waals surface area contributed by atoms with Gasteiger partial charge in [-0.05, 0) is 34.8 Å². The van der Waals surface area contributed by atoms with Crippen LogP contribution in [0.4, 0.5) is 4.39 Å². The summed E-state index contributed by atoms with van der Waals surface area (Å²) in [6, 6.07) is 1.34. The van der Waals surface area contributed by atoms with Crippen LogP contribution in [0.5, 0.6) is 11.5 Å². The third kappa shape index (κ3) is 2.34. The van der Waals surface area contributed by atoms with Gasteiger partial charge in [-0.25, -0.2) is 9.18 Å². The van der Waals surface area contributed by atoms with Crippen molar-refractivity contribution < 1.29 is 18.7 Å². The Labute approximate surface area is 125 Å². The minimum atomic E-state index is -0.747. The number of aliphatic imine (C=N–C) groups is 1. The molecular formula is C14H15BrFNO3. The highest BCUT2D eigenvalue weighted by Crippen LogP contribution is 2.50. The molecule has 0 atom stereocenters. The molecule has 0 aliphatic heterocycles. The maximum Gasteiger partial charge on any atom is 0.235 e. The first-order chi connectivity index (χ1) is 9.59. The van der Waals surface area contributed by atoms with Gasteiger partial charge in [0.15, 0.2) is 11.6 Å². The Balaban J connectivity index is 2.69. The van der Waals surface area contributed by atoms with Gasteiger partial charge >= 0.3 is 0 Å². The van der Waals surface area contributed by atoms with Crippen LogP contribution in [-0.4, -0.2) is 20.3 Å². The molecule has 1 aromatic carbocycles. The highest BCUT2D eigenvalue weighted by atomic mass is 79.9. The summed E-state index contributed by atoms with van der Waals surface area (Å²) in [5, 5.41) is 0. The number of isocyanates is 1. The van der Waals surface area contributed by atoms with Crippen LogP contribution in [-0.2, 0) is 10.3 Å². The van der Waals surface area contributed by atoms with E-state index in [1.807, 2.05) is 0 Å². The van der Waals surface area contributed by atoms with Crippen molar-refractivity contribution in [3.63, 3.8) is 0 Å². The summed E-state index contributed by atoms with van der Waals surface area (Å²) in [4.78, 5) is 14.7. The molecule has 1 aromatic rings. The normalized spacial score (nSPS) is 16.6. The molecule has 4 nitrogen and oxygen atoms in total. The zero-order valence-corrected chi connectivity index (χ0v) is 12.9. The van der Waals surface area contributed by atoms with E-state index in [1.54, 1.807) is 6.08 Å². The summed E-state index contributed by atoms with van der Waals surface area (Å²) in [6.45, 7) is 0. The van der Waals surface area contributed by atoms with E-state index in [4.69, 9.17) is 9.47 Å². The van der Waals surface area contributed by atoms with Crippen molar-refractivity contribution >= 4 is 22.0 Å². The van der Waals surface area contributed by atoms with E-state index >= 15 is 0 Å². The third-order valence-corrected chi connectivity index (χ3v) is 4.45. The van der Waals surface area contributed by atoms with Crippen LogP contribution in [0.15, 0.2) is 15.5 Å². The molecule has 0 bridgehead atoms. The van der Waals surface area contributed by atoms with Crippen molar-refractivity contribution in [2.75, 3.05) is 14.2 Å². The molecule has 2 rings (SSSR count). The molecule has 0 N–H and O–H groups in total. The maximum atomic E-state index is 14.1.